The molecule has 0 fully saturated rings. The summed E-state index contributed by atoms with van der Waals surface area (Å²) in [5.74, 6) is -1.61. The first-order valence-electron chi connectivity index (χ1n) is 11.1. The molecule has 6 nitrogen and oxygen atoms in total. The SMILES string of the molecule is CCC1=CC2C=CC(C(=O)N[C@H](C(=O)O)C(C)(C)C)=C(OCc3ccc(OC(F)(F)F)cc3)C2S1. The molecule has 0 bridgehead atoms. The number of aliphatic carboxylic acids is 1. The summed E-state index contributed by atoms with van der Waals surface area (Å²) in [5.41, 5.74) is 0.100. The van der Waals surface area contributed by atoms with E-state index in [9.17, 15) is 27.9 Å². The minimum atomic E-state index is -4.78. The summed E-state index contributed by atoms with van der Waals surface area (Å²) in [6.07, 6.45) is 1.70. The monoisotopic (exact) mass is 511 g/mol. The third-order valence-corrected chi connectivity index (χ3v) is 7.06. The van der Waals surface area contributed by atoms with Gasteiger partial charge in [-0.05, 0) is 40.5 Å². The van der Waals surface area contributed by atoms with Crippen molar-refractivity contribution in [3.8, 4) is 5.75 Å². The lowest BCUT2D eigenvalue weighted by Gasteiger charge is -2.30. The molecular formula is C25H28F3NO5S. The molecule has 1 aromatic rings. The topological polar surface area (TPSA) is 84.9 Å². The third kappa shape index (κ3) is 6.84. The van der Waals surface area contributed by atoms with Gasteiger partial charge in [0.15, 0.2) is 0 Å². The molecule has 1 aliphatic carbocycles. The van der Waals surface area contributed by atoms with Crippen LogP contribution in [0, 0.1) is 11.3 Å². The maximum absolute atomic E-state index is 13.2. The number of carboxylic acids is 1. The van der Waals surface area contributed by atoms with Gasteiger partial charge in [-0.2, -0.15) is 0 Å². The lowest BCUT2D eigenvalue weighted by Crippen LogP contribution is -2.49. The van der Waals surface area contributed by atoms with Crippen LogP contribution in [0.15, 0.2) is 58.7 Å². The van der Waals surface area contributed by atoms with E-state index in [1.807, 2.05) is 13.0 Å². The van der Waals surface area contributed by atoms with Crippen molar-refractivity contribution in [3.63, 3.8) is 0 Å². The fourth-order valence-electron chi connectivity index (χ4n) is 3.77. The van der Waals surface area contributed by atoms with Crippen molar-refractivity contribution in [2.75, 3.05) is 0 Å². The molecule has 0 aromatic heterocycles. The molecule has 1 aromatic carbocycles. The average molecular weight is 512 g/mol. The number of hydrogen-bond acceptors (Lipinski definition) is 5. The van der Waals surface area contributed by atoms with Crippen LogP contribution in [0.2, 0.25) is 0 Å². The van der Waals surface area contributed by atoms with E-state index in [2.05, 4.69) is 16.1 Å². The number of carbonyl (C=O) groups excluding carboxylic acids is 1. The zero-order chi connectivity index (χ0) is 26.0. The van der Waals surface area contributed by atoms with Gasteiger partial charge in [0.2, 0.25) is 0 Å². The number of rotatable bonds is 8. The first-order chi connectivity index (χ1) is 16.3. The van der Waals surface area contributed by atoms with Gasteiger partial charge >= 0.3 is 12.3 Å². The summed E-state index contributed by atoms with van der Waals surface area (Å²) in [4.78, 5) is 26.1. The molecule has 2 N–H and O–H groups in total. The highest BCUT2D eigenvalue weighted by Gasteiger charge is 2.39. The van der Waals surface area contributed by atoms with E-state index < -0.39 is 29.7 Å². The van der Waals surface area contributed by atoms with Crippen molar-refractivity contribution in [1.29, 1.82) is 0 Å². The van der Waals surface area contributed by atoms with Crippen LogP contribution in [0.25, 0.3) is 0 Å². The van der Waals surface area contributed by atoms with Gasteiger partial charge in [0, 0.05) is 5.92 Å². The van der Waals surface area contributed by atoms with E-state index in [0.29, 0.717) is 11.3 Å². The van der Waals surface area contributed by atoms with Crippen molar-refractivity contribution in [1.82, 2.24) is 5.32 Å². The van der Waals surface area contributed by atoms with Gasteiger partial charge in [0.25, 0.3) is 5.91 Å². The average Bonchev–Trinajstić information content (AvgIpc) is 3.18. The molecule has 0 spiro atoms. The first-order valence-corrected chi connectivity index (χ1v) is 12.0. The number of hydrogen-bond donors (Lipinski definition) is 2. The Hall–Kier alpha value is -2.88. The minimum absolute atomic E-state index is 0.0130. The van der Waals surface area contributed by atoms with Crippen molar-refractivity contribution >= 4 is 23.6 Å². The molecule has 1 heterocycles. The van der Waals surface area contributed by atoms with E-state index in [0.717, 1.165) is 11.3 Å². The number of ether oxygens (including phenoxy) is 2. The number of allylic oxidation sites excluding steroid dienone is 3. The Morgan fingerprint density at radius 3 is 2.37 bits per heavy atom. The molecule has 0 saturated heterocycles. The highest BCUT2D eigenvalue weighted by atomic mass is 32.2. The standard InChI is InChI=1S/C25H28F3NO5S/c1-5-17-12-15-8-11-18(22(30)29-21(23(31)32)24(2,3)4)19(20(15)35-17)33-13-14-6-9-16(10-7-14)34-25(26,27)28/h6-12,15,20-21H,5,13H2,1-4H3,(H,29,30)(H,31,32)/t15?,20?,21-/m1/s1. The molecule has 1 aliphatic heterocycles. The summed E-state index contributed by atoms with van der Waals surface area (Å²) < 4.78 is 47.2. The summed E-state index contributed by atoms with van der Waals surface area (Å²) in [6.45, 7) is 7.21. The fraction of sp³-hybridized carbons (Fsp3) is 0.440. The molecule has 190 valence electrons. The molecule has 0 saturated carbocycles. The lowest BCUT2D eigenvalue weighted by molar-refractivity contribution is -0.274. The smallest absolute Gasteiger partial charge is 0.491 e. The van der Waals surface area contributed by atoms with E-state index in [4.69, 9.17) is 4.74 Å². The van der Waals surface area contributed by atoms with Crippen molar-refractivity contribution in [2.24, 2.45) is 11.3 Å². The Morgan fingerprint density at radius 1 is 1.17 bits per heavy atom. The maximum Gasteiger partial charge on any atom is 0.573 e. The number of halogens is 3. The summed E-state index contributed by atoms with van der Waals surface area (Å²) in [7, 11) is 0. The van der Waals surface area contributed by atoms with Crippen LogP contribution in [0.5, 0.6) is 5.75 Å². The Kier molecular flexibility index (Phi) is 7.93. The number of amides is 1. The number of alkyl halides is 3. The van der Waals surface area contributed by atoms with E-state index in [1.165, 1.54) is 24.3 Å². The second-order valence-electron chi connectivity index (χ2n) is 9.33. The fourth-order valence-corrected chi connectivity index (χ4v) is 5.12. The number of benzene rings is 1. The van der Waals surface area contributed by atoms with Crippen LogP contribution in [-0.2, 0) is 20.9 Å². The lowest BCUT2D eigenvalue weighted by atomic mass is 9.86. The zero-order valence-corrected chi connectivity index (χ0v) is 20.6. The second-order valence-corrected chi connectivity index (χ2v) is 10.6. The number of carboxylic acid groups (broad SMARTS) is 1. The quantitative estimate of drug-likeness (QED) is 0.475. The summed E-state index contributed by atoms with van der Waals surface area (Å²) in [5, 5.41) is 12.0. The van der Waals surface area contributed by atoms with E-state index in [1.54, 1.807) is 38.6 Å². The predicted molar refractivity (Wildman–Crippen MR) is 126 cm³/mol. The minimum Gasteiger partial charge on any atom is -0.491 e. The molecule has 2 aliphatic rings. The molecule has 0 radical (unpaired) electrons. The normalized spacial score (nSPS) is 20.7. The molecule has 2 unspecified atom stereocenters. The van der Waals surface area contributed by atoms with Crippen LogP contribution in [0.4, 0.5) is 13.2 Å². The first kappa shape index (κ1) is 26.7. The molecule has 3 rings (SSSR count). The molecule has 3 atom stereocenters. The van der Waals surface area contributed by atoms with Gasteiger partial charge in [-0.1, -0.05) is 52.0 Å². The van der Waals surface area contributed by atoms with Gasteiger partial charge in [-0.3, -0.25) is 4.79 Å². The largest absolute Gasteiger partial charge is 0.573 e. The molecule has 1 amide bonds. The highest BCUT2D eigenvalue weighted by molar-refractivity contribution is 8.04. The third-order valence-electron chi connectivity index (χ3n) is 5.55. The second kappa shape index (κ2) is 10.4. The van der Waals surface area contributed by atoms with Crippen molar-refractivity contribution < 1.29 is 37.3 Å². The number of carbonyl (C=O) groups is 2. The number of thioether (sulfide) groups is 1. The molecular weight excluding hydrogens is 483 g/mol. The van der Waals surface area contributed by atoms with Gasteiger partial charge < -0.3 is 19.9 Å². The maximum atomic E-state index is 13.2. The predicted octanol–water partition coefficient (Wildman–Crippen LogP) is 5.57. The van der Waals surface area contributed by atoms with E-state index in [-0.39, 0.29) is 29.1 Å². The molecule has 10 heteroatoms. The Balaban J connectivity index is 1.84. The van der Waals surface area contributed by atoms with Crippen LogP contribution in [-0.4, -0.2) is 34.6 Å². The Labute approximate surface area is 206 Å². The van der Waals surface area contributed by atoms with Gasteiger partial charge in [0.1, 0.15) is 24.2 Å². The zero-order valence-electron chi connectivity index (χ0n) is 19.8. The summed E-state index contributed by atoms with van der Waals surface area (Å²) in [6, 6.07) is 4.18. The van der Waals surface area contributed by atoms with E-state index >= 15 is 0 Å². The molecule has 35 heavy (non-hydrogen) atoms. The van der Waals surface area contributed by atoms with Crippen LogP contribution in [0.3, 0.4) is 0 Å². The van der Waals surface area contributed by atoms with Crippen molar-refractivity contribution in [3.05, 3.63) is 64.3 Å². The van der Waals surface area contributed by atoms with Crippen molar-refractivity contribution in [2.45, 2.75) is 58.4 Å². The van der Waals surface area contributed by atoms with Crippen LogP contribution in [0.1, 0.15) is 39.7 Å². The number of nitrogens with one attached hydrogen (secondary N) is 1. The van der Waals surface area contributed by atoms with Gasteiger partial charge in [0.05, 0.1) is 10.8 Å². The highest BCUT2D eigenvalue weighted by Crippen LogP contribution is 2.46. The van der Waals surface area contributed by atoms with Gasteiger partial charge in [-0.25, -0.2) is 4.79 Å². The van der Waals surface area contributed by atoms with Crippen LogP contribution >= 0.6 is 11.8 Å². The number of fused-ring (bicyclic) bond motifs is 1. The Bertz CT molecular complexity index is 1050. The summed E-state index contributed by atoms with van der Waals surface area (Å²) >= 11 is 1.58. The Morgan fingerprint density at radius 2 is 1.83 bits per heavy atom. The van der Waals surface area contributed by atoms with Gasteiger partial charge in [-0.15, -0.1) is 24.9 Å². The van der Waals surface area contributed by atoms with Crippen LogP contribution < -0.4 is 10.1 Å².